The molecule has 1 aromatic carbocycles. The minimum absolute atomic E-state index is 0.0816. The number of fused-ring (bicyclic) bond motifs is 5. The molecule has 3 aliphatic rings. The average Bonchev–Trinajstić information content (AvgIpc) is 3.41. The molecule has 5 rings (SSSR count). The second-order valence-corrected chi connectivity index (χ2v) is 11.8. The van der Waals surface area contributed by atoms with Gasteiger partial charge in [0.15, 0.2) is 0 Å². The van der Waals surface area contributed by atoms with Crippen molar-refractivity contribution in [2.24, 2.45) is 22.7 Å². The van der Waals surface area contributed by atoms with Crippen molar-refractivity contribution in [3.8, 4) is 16.9 Å². The minimum Gasteiger partial charge on any atom is -0.496 e. The predicted molar refractivity (Wildman–Crippen MR) is 131 cm³/mol. The van der Waals surface area contributed by atoms with E-state index in [0.29, 0.717) is 12.8 Å². The first-order valence-corrected chi connectivity index (χ1v) is 12.5. The molecule has 0 aliphatic heterocycles. The Hall–Kier alpha value is -2.60. The molecule has 0 radical (unpaired) electrons. The van der Waals surface area contributed by atoms with E-state index < -0.39 is 29.0 Å². The van der Waals surface area contributed by atoms with Crippen LogP contribution in [0.3, 0.4) is 0 Å². The SMILES string of the molecule is COc1cc2c(c(C)c1-c1ccoc1)C[C@@H]1[C@@]3(C)CCC(=O)C(C)(C)[C@@H]3[C@@H](O)[C@@H](OC(C)=O)[C@@]21C. The summed E-state index contributed by atoms with van der Waals surface area (Å²) < 4.78 is 17.2. The smallest absolute Gasteiger partial charge is 0.303 e. The molecule has 0 amide bonds. The zero-order valence-corrected chi connectivity index (χ0v) is 21.7. The van der Waals surface area contributed by atoms with Crippen LogP contribution in [0.5, 0.6) is 5.75 Å². The molecule has 2 saturated carbocycles. The third-order valence-electron chi connectivity index (χ3n) is 9.85. The molecule has 0 saturated heterocycles. The van der Waals surface area contributed by atoms with Crippen LogP contribution >= 0.6 is 0 Å². The van der Waals surface area contributed by atoms with Crippen LogP contribution in [-0.2, 0) is 26.2 Å². The molecule has 0 unspecified atom stereocenters. The number of aliphatic hydroxyl groups is 1. The molecular weight excluding hydrogens is 444 g/mol. The number of carbonyl (C=O) groups excluding carboxylic acids is 2. The lowest BCUT2D eigenvalue weighted by atomic mass is 9.41. The Morgan fingerprint density at radius 1 is 1.23 bits per heavy atom. The Balaban J connectivity index is 1.77. The van der Waals surface area contributed by atoms with Gasteiger partial charge >= 0.3 is 5.97 Å². The van der Waals surface area contributed by atoms with Gasteiger partial charge in [0.2, 0.25) is 0 Å². The Morgan fingerprint density at radius 2 is 1.94 bits per heavy atom. The first-order chi connectivity index (χ1) is 16.4. The predicted octanol–water partition coefficient (Wildman–Crippen LogP) is 5.01. The third-order valence-corrected chi connectivity index (χ3v) is 9.85. The van der Waals surface area contributed by atoms with Gasteiger partial charge in [0, 0.05) is 41.2 Å². The van der Waals surface area contributed by atoms with Crippen LogP contribution in [0.15, 0.2) is 29.1 Å². The summed E-state index contributed by atoms with van der Waals surface area (Å²) in [6.45, 7) is 11.7. The van der Waals surface area contributed by atoms with Gasteiger partial charge in [-0.3, -0.25) is 9.59 Å². The van der Waals surface area contributed by atoms with Gasteiger partial charge in [0.25, 0.3) is 0 Å². The number of rotatable bonds is 3. The number of carbonyl (C=O) groups is 2. The van der Waals surface area contributed by atoms with Crippen LogP contribution in [0, 0.1) is 29.6 Å². The largest absolute Gasteiger partial charge is 0.496 e. The van der Waals surface area contributed by atoms with Crippen LogP contribution < -0.4 is 4.74 Å². The van der Waals surface area contributed by atoms with Gasteiger partial charge in [-0.25, -0.2) is 0 Å². The monoisotopic (exact) mass is 480 g/mol. The van der Waals surface area contributed by atoms with Gasteiger partial charge in [-0.2, -0.15) is 0 Å². The van der Waals surface area contributed by atoms with Crippen LogP contribution in [0.2, 0.25) is 0 Å². The van der Waals surface area contributed by atoms with E-state index in [1.54, 1.807) is 19.6 Å². The van der Waals surface area contributed by atoms with Crippen molar-refractivity contribution in [3.05, 3.63) is 41.3 Å². The maximum Gasteiger partial charge on any atom is 0.303 e. The van der Waals surface area contributed by atoms with Crippen molar-refractivity contribution < 1.29 is 28.6 Å². The van der Waals surface area contributed by atoms with E-state index in [2.05, 4.69) is 26.8 Å². The Bertz CT molecular complexity index is 1190. The first kappa shape index (κ1) is 24.1. The van der Waals surface area contributed by atoms with Crippen LogP contribution in [-0.4, -0.2) is 36.2 Å². The maximum atomic E-state index is 13.0. The Labute approximate surface area is 207 Å². The molecule has 6 nitrogen and oxygen atoms in total. The van der Waals surface area contributed by atoms with Gasteiger partial charge in [0.1, 0.15) is 17.6 Å². The molecule has 1 heterocycles. The normalized spacial score (nSPS) is 35.1. The van der Waals surface area contributed by atoms with Crippen molar-refractivity contribution in [3.63, 3.8) is 0 Å². The van der Waals surface area contributed by atoms with Crippen LogP contribution in [0.25, 0.3) is 11.1 Å². The first-order valence-electron chi connectivity index (χ1n) is 12.5. The summed E-state index contributed by atoms with van der Waals surface area (Å²) in [6, 6.07) is 4.00. The molecule has 2 aromatic rings. The lowest BCUT2D eigenvalue weighted by Crippen LogP contribution is -2.69. The zero-order chi connectivity index (χ0) is 25.5. The van der Waals surface area contributed by atoms with E-state index in [1.165, 1.54) is 12.5 Å². The van der Waals surface area contributed by atoms with Crippen molar-refractivity contribution in [2.45, 2.75) is 78.4 Å². The molecule has 0 bridgehead atoms. The summed E-state index contributed by atoms with van der Waals surface area (Å²) >= 11 is 0. The number of ketones is 1. The summed E-state index contributed by atoms with van der Waals surface area (Å²) in [4.78, 5) is 25.4. The lowest BCUT2D eigenvalue weighted by molar-refractivity contribution is -0.222. The Kier molecular flexibility index (Phi) is 5.30. The van der Waals surface area contributed by atoms with Gasteiger partial charge in [0.05, 0.1) is 25.7 Å². The molecular formula is C29H36O6. The number of Topliss-reactive ketones (excluding diaryl/α,β-unsaturated/α-hetero) is 1. The fraction of sp³-hybridized carbons (Fsp3) is 0.586. The van der Waals surface area contributed by atoms with Crippen molar-refractivity contribution in [2.75, 3.05) is 7.11 Å². The zero-order valence-electron chi connectivity index (χ0n) is 21.7. The standard InChI is InChI=1S/C29H36O6/c1-15-18-12-21-28(5)10-8-22(31)27(3,4)25(28)24(32)26(35-16(2)30)29(21,6)19(18)13-20(33-7)23(15)17-9-11-34-14-17/h9,11,13-14,21,24-26,32H,8,10,12H2,1-7H3/t21-,24-,25+,26-,28-,29+/m1/s1. The Morgan fingerprint density at radius 3 is 2.54 bits per heavy atom. The summed E-state index contributed by atoms with van der Waals surface area (Å²) in [7, 11) is 1.66. The number of hydrogen-bond acceptors (Lipinski definition) is 6. The number of esters is 1. The fourth-order valence-electron chi connectivity index (χ4n) is 8.34. The summed E-state index contributed by atoms with van der Waals surface area (Å²) in [5.74, 6) is 0.234. The maximum absolute atomic E-state index is 13.0. The van der Waals surface area contributed by atoms with E-state index in [4.69, 9.17) is 13.9 Å². The fourth-order valence-corrected chi connectivity index (χ4v) is 8.34. The van der Waals surface area contributed by atoms with Gasteiger partial charge < -0.3 is 19.0 Å². The molecule has 6 heteroatoms. The molecule has 2 fully saturated rings. The number of benzene rings is 1. The van der Waals surface area contributed by atoms with E-state index in [-0.39, 0.29) is 23.0 Å². The van der Waals surface area contributed by atoms with E-state index >= 15 is 0 Å². The average molecular weight is 481 g/mol. The number of hydrogen-bond donors (Lipinski definition) is 1. The lowest BCUT2D eigenvalue weighted by Gasteiger charge is -2.63. The van der Waals surface area contributed by atoms with Crippen LogP contribution in [0.1, 0.15) is 64.2 Å². The topological polar surface area (TPSA) is 86.0 Å². The summed E-state index contributed by atoms with van der Waals surface area (Å²) in [5, 5.41) is 11.9. The molecule has 1 N–H and O–H groups in total. The second-order valence-electron chi connectivity index (χ2n) is 11.8. The third kappa shape index (κ3) is 3.05. The highest BCUT2D eigenvalue weighted by Crippen LogP contribution is 2.68. The molecule has 3 aliphatic carbocycles. The highest BCUT2D eigenvalue weighted by atomic mass is 16.6. The van der Waals surface area contributed by atoms with E-state index in [0.717, 1.165) is 34.4 Å². The highest BCUT2D eigenvalue weighted by Gasteiger charge is 2.70. The minimum atomic E-state index is -0.963. The van der Waals surface area contributed by atoms with Crippen molar-refractivity contribution in [1.82, 2.24) is 0 Å². The van der Waals surface area contributed by atoms with Gasteiger partial charge in [-0.05, 0) is 59.9 Å². The number of furan rings is 1. The highest BCUT2D eigenvalue weighted by molar-refractivity contribution is 5.86. The number of ether oxygens (including phenoxy) is 2. The molecule has 0 spiro atoms. The summed E-state index contributed by atoms with van der Waals surface area (Å²) in [5.41, 5.74) is 3.67. The van der Waals surface area contributed by atoms with Gasteiger partial charge in [-0.15, -0.1) is 0 Å². The van der Waals surface area contributed by atoms with Crippen LogP contribution in [0.4, 0.5) is 0 Å². The summed E-state index contributed by atoms with van der Waals surface area (Å²) in [6.07, 6.45) is 3.64. The number of aliphatic hydroxyl groups excluding tert-OH is 1. The van der Waals surface area contributed by atoms with Crippen molar-refractivity contribution >= 4 is 11.8 Å². The van der Waals surface area contributed by atoms with E-state index in [9.17, 15) is 14.7 Å². The molecule has 1 aromatic heterocycles. The van der Waals surface area contributed by atoms with Gasteiger partial charge in [-0.1, -0.05) is 27.7 Å². The second kappa shape index (κ2) is 7.70. The van der Waals surface area contributed by atoms with E-state index in [1.807, 2.05) is 19.9 Å². The quantitative estimate of drug-likeness (QED) is 0.622. The molecule has 6 atom stereocenters. The molecule has 35 heavy (non-hydrogen) atoms. The van der Waals surface area contributed by atoms with Crippen molar-refractivity contribution in [1.29, 1.82) is 0 Å². The number of methoxy groups -OCH3 is 1. The molecule has 188 valence electrons.